The number of thiocarbonyl (C=S) groups is 1. The van der Waals surface area contributed by atoms with Crippen LogP contribution in [0.3, 0.4) is 0 Å². The van der Waals surface area contributed by atoms with Gasteiger partial charge in [0.15, 0.2) is 5.11 Å². The molecular formula is C11H13N4O3S-. The second kappa shape index (κ2) is 6.64. The molecule has 0 aliphatic rings. The normalized spacial score (nSPS) is 10.7. The van der Waals surface area contributed by atoms with Crippen LogP contribution >= 0.6 is 12.2 Å². The maximum absolute atomic E-state index is 11.2. The van der Waals surface area contributed by atoms with Gasteiger partial charge < -0.3 is 10.4 Å². The predicted molar refractivity (Wildman–Crippen MR) is 74.1 cm³/mol. The lowest BCUT2D eigenvalue weighted by atomic mass is 10.2. The number of hydrogen-bond acceptors (Lipinski definition) is 5. The van der Waals surface area contributed by atoms with Crippen molar-refractivity contribution in [1.82, 2.24) is 10.7 Å². The molecule has 1 aromatic carbocycles. The molecule has 0 fully saturated rings. The molecule has 0 unspecified atom stereocenters. The van der Waals surface area contributed by atoms with E-state index in [1.165, 1.54) is 12.3 Å². The Morgan fingerprint density at radius 2 is 2.21 bits per heavy atom. The van der Waals surface area contributed by atoms with Crippen LogP contribution in [0, 0.1) is 10.1 Å². The summed E-state index contributed by atoms with van der Waals surface area (Å²) in [6.45, 7) is 3.85. The first-order chi connectivity index (χ1) is 8.90. The zero-order valence-corrected chi connectivity index (χ0v) is 11.2. The van der Waals surface area contributed by atoms with Crippen molar-refractivity contribution in [2.24, 2.45) is 5.10 Å². The second-order valence-corrected chi connectivity index (χ2v) is 4.39. The van der Waals surface area contributed by atoms with E-state index in [4.69, 9.17) is 12.2 Å². The Bertz CT molecular complexity index is 517. The van der Waals surface area contributed by atoms with Gasteiger partial charge in [0.2, 0.25) is 0 Å². The summed E-state index contributed by atoms with van der Waals surface area (Å²) in [6.07, 6.45) is 1.35. The smallest absolute Gasteiger partial charge is 0.262 e. The molecule has 0 aliphatic heterocycles. The molecule has 0 aromatic heterocycles. The van der Waals surface area contributed by atoms with Gasteiger partial charge in [-0.15, -0.1) is 0 Å². The van der Waals surface area contributed by atoms with E-state index in [0.29, 0.717) is 10.7 Å². The first-order valence-electron chi connectivity index (χ1n) is 5.45. The van der Waals surface area contributed by atoms with Crippen molar-refractivity contribution < 1.29 is 10.0 Å². The second-order valence-electron chi connectivity index (χ2n) is 3.98. The van der Waals surface area contributed by atoms with Crippen LogP contribution < -0.4 is 15.8 Å². The van der Waals surface area contributed by atoms with E-state index >= 15 is 0 Å². The van der Waals surface area contributed by atoms with Crippen LogP contribution in [0.5, 0.6) is 5.75 Å². The number of benzene rings is 1. The van der Waals surface area contributed by atoms with Crippen molar-refractivity contribution in [2.45, 2.75) is 19.9 Å². The molecule has 0 atom stereocenters. The highest BCUT2D eigenvalue weighted by Crippen LogP contribution is 2.22. The van der Waals surface area contributed by atoms with Crippen molar-refractivity contribution in [1.29, 1.82) is 0 Å². The van der Waals surface area contributed by atoms with E-state index in [1.54, 1.807) is 0 Å². The van der Waals surface area contributed by atoms with Crippen LogP contribution in [-0.4, -0.2) is 22.3 Å². The number of nitro groups is 1. The van der Waals surface area contributed by atoms with Gasteiger partial charge in [0.25, 0.3) is 5.69 Å². The van der Waals surface area contributed by atoms with Crippen LogP contribution in [-0.2, 0) is 0 Å². The average molecular weight is 281 g/mol. The highest BCUT2D eigenvalue weighted by atomic mass is 32.1. The minimum atomic E-state index is -0.724. The minimum absolute atomic E-state index is 0.177. The summed E-state index contributed by atoms with van der Waals surface area (Å²) < 4.78 is 0. The molecule has 2 N–H and O–H groups in total. The van der Waals surface area contributed by atoms with Crippen molar-refractivity contribution in [2.75, 3.05) is 0 Å². The molecular weight excluding hydrogens is 268 g/mol. The standard InChI is InChI=1S/C11H14N4O3S/c1-7(2)13-11(19)14-12-6-8-3-4-10(16)9(5-8)15(17)18/h3-7,16H,1-2H3,(H2,13,14,19)/p-1/b12-6-. The van der Waals surface area contributed by atoms with Crippen molar-refractivity contribution >= 4 is 29.2 Å². The SMILES string of the molecule is CC(C)NC(=S)N/N=C\c1ccc([O-])c([N+](=O)[O-])c1. The lowest BCUT2D eigenvalue weighted by molar-refractivity contribution is -0.398. The van der Waals surface area contributed by atoms with Gasteiger partial charge in [0.1, 0.15) is 0 Å². The molecule has 7 nitrogen and oxygen atoms in total. The Morgan fingerprint density at radius 1 is 1.53 bits per heavy atom. The van der Waals surface area contributed by atoms with E-state index in [2.05, 4.69) is 15.8 Å². The summed E-state index contributed by atoms with van der Waals surface area (Å²) in [4.78, 5) is 9.87. The zero-order valence-electron chi connectivity index (χ0n) is 10.4. The van der Waals surface area contributed by atoms with E-state index < -0.39 is 16.4 Å². The molecule has 0 saturated carbocycles. The molecule has 1 aromatic rings. The molecule has 19 heavy (non-hydrogen) atoms. The third-order valence-corrected chi connectivity index (χ3v) is 2.19. The third-order valence-electron chi connectivity index (χ3n) is 1.98. The van der Waals surface area contributed by atoms with Gasteiger partial charge in [0, 0.05) is 17.7 Å². The fourth-order valence-electron chi connectivity index (χ4n) is 1.22. The monoisotopic (exact) mass is 281 g/mol. The number of nitro benzene ring substituents is 1. The maximum atomic E-state index is 11.2. The molecule has 0 radical (unpaired) electrons. The summed E-state index contributed by atoms with van der Waals surface area (Å²) in [5, 5.41) is 28.9. The Kier molecular flexibility index (Phi) is 5.19. The van der Waals surface area contributed by atoms with Crippen molar-refractivity contribution in [3.8, 4) is 5.75 Å². The first-order valence-corrected chi connectivity index (χ1v) is 5.86. The molecule has 0 aliphatic carbocycles. The number of rotatable bonds is 4. The highest BCUT2D eigenvalue weighted by Gasteiger charge is 2.06. The zero-order chi connectivity index (χ0) is 14.4. The van der Waals surface area contributed by atoms with E-state index in [9.17, 15) is 15.2 Å². The molecule has 0 heterocycles. The Hall–Kier alpha value is -2.22. The molecule has 8 heteroatoms. The summed E-state index contributed by atoms with van der Waals surface area (Å²) in [5.74, 6) is -0.632. The van der Waals surface area contributed by atoms with Crippen molar-refractivity contribution in [3.63, 3.8) is 0 Å². The average Bonchev–Trinajstić information content (AvgIpc) is 2.30. The third kappa shape index (κ3) is 4.88. The summed E-state index contributed by atoms with van der Waals surface area (Å²) >= 11 is 4.94. The minimum Gasteiger partial charge on any atom is -0.868 e. The Balaban J connectivity index is 2.70. The first kappa shape index (κ1) is 14.8. The number of nitrogens with one attached hydrogen (secondary N) is 2. The van der Waals surface area contributed by atoms with Crippen LogP contribution in [0.25, 0.3) is 0 Å². The number of nitrogens with zero attached hydrogens (tertiary/aromatic N) is 2. The molecule has 0 bridgehead atoms. The molecule has 102 valence electrons. The largest absolute Gasteiger partial charge is 0.868 e. The molecule has 0 spiro atoms. The summed E-state index contributed by atoms with van der Waals surface area (Å²) in [7, 11) is 0. The lowest BCUT2D eigenvalue weighted by Crippen LogP contribution is -2.36. The van der Waals surface area contributed by atoms with Crippen LogP contribution in [0.2, 0.25) is 0 Å². The van der Waals surface area contributed by atoms with Gasteiger partial charge in [0.05, 0.1) is 11.1 Å². The fourth-order valence-corrected chi connectivity index (χ4v) is 1.51. The topological polar surface area (TPSA) is 103 Å². The van der Waals surface area contributed by atoms with Crippen LogP contribution in [0.4, 0.5) is 5.69 Å². The summed E-state index contributed by atoms with van der Waals surface area (Å²) in [5.41, 5.74) is 2.52. The molecule has 1 rings (SSSR count). The quantitative estimate of drug-likeness (QED) is 0.367. The van der Waals surface area contributed by atoms with Crippen LogP contribution in [0.1, 0.15) is 19.4 Å². The number of hydrogen-bond donors (Lipinski definition) is 2. The fraction of sp³-hybridized carbons (Fsp3) is 0.273. The Morgan fingerprint density at radius 3 is 2.79 bits per heavy atom. The number of hydrazone groups is 1. The van der Waals surface area contributed by atoms with Gasteiger partial charge in [-0.05, 0) is 31.8 Å². The maximum Gasteiger partial charge on any atom is 0.262 e. The lowest BCUT2D eigenvalue weighted by Gasteiger charge is -2.09. The van der Waals surface area contributed by atoms with Crippen molar-refractivity contribution in [3.05, 3.63) is 33.9 Å². The van der Waals surface area contributed by atoms with Gasteiger partial charge in [-0.1, -0.05) is 12.1 Å². The highest BCUT2D eigenvalue weighted by molar-refractivity contribution is 7.80. The molecule has 0 amide bonds. The van der Waals surface area contributed by atoms with E-state index in [-0.39, 0.29) is 6.04 Å². The van der Waals surface area contributed by atoms with E-state index in [1.807, 2.05) is 13.8 Å². The summed E-state index contributed by atoms with van der Waals surface area (Å²) in [6, 6.07) is 3.91. The molecule has 0 saturated heterocycles. The van der Waals surface area contributed by atoms with Crippen LogP contribution in [0.15, 0.2) is 23.3 Å². The van der Waals surface area contributed by atoms with Gasteiger partial charge in [-0.3, -0.25) is 15.5 Å². The predicted octanol–water partition coefficient (Wildman–Crippen LogP) is 0.875. The Labute approximate surface area is 115 Å². The van der Waals surface area contributed by atoms with Gasteiger partial charge in [-0.2, -0.15) is 5.10 Å². The van der Waals surface area contributed by atoms with Gasteiger partial charge in [-0.25, -0.2) is 0 Å². The van der Waals surface area contributed by atoms with Gasteiger partial charge >= 0.3 is 0 Å². The van der Waals surface area contributed by atoms with E-state index in [0.717, 1.165) is 12.1 Å².